The zero-order valence-electron chi connectivity index (χ0n) is 76.6. The Bertz CT molecular complexity index is 2860. The van der Waals surface area contributed by atoms with Gasteiger partial charge in [-0.2, -0.15) is 0 Å². The van der Waals surface area contributed by atoms with Crippen molar-refractivity contribution >= 4 is 41.0 Å². The molecular formula is C90H170N6O16. The van der Waals surface area contributed by atoms with E-state index in [-0.39, 0.29) is 99.0 Å². The van der Waals surface area contributed by atoms with Crippen molar-refractivity contribution < 1.29 is 77.7 Å². The first kappa shape index (κ1) is 108. The van der Waals surface area contributed by atoms with Crippen molar-refractivity contribution in [1.82, 2.24) is 30.9 Å². The van der Waals surface area contributed by atoms with E-state index in [4.69, 9.17) is 23.7 Å². The molecule has 22 nitrogen and oxygen atoms in total. The van der Waals surface area contributed by atoms with Gasteiger partial charge in [-0.25, -0.2) is 4.68 Å². The fourth-order valence-corrected chi connectivity index (χ4v) is 14.1. The third-order valence-corrected chi connectivity index (χ3v) is 20.4. The second-order valence-electron chi connectivity index (χ2n) is 42.5. The van der Waals surface area contributed by atoms with Crippen LogP contribution in [0.15, 0.2) is 0 Å². The second-order valence-corrected chi connectivity index (χ2v) is 42.5. The van der Waals surface area contributed by atoms with Crippen LogP contribution in [0.4, 0.5) is 0 Å². The number of nitrogens with one attached hydrogen (secondary N) is 3. The lowest BCUT2D eigenvalue weighted by Crippen LogP contribution is -2.44. The number of carbonyl (C=O) groups excluding carboxylic acids is 7. The summed E-state index contributed by atoms with van der Waals surface area (Å²) in [5, 5.41) is 56.5. The number of hydrogen-bond donors (Lipinski definition) is 7. The summed E-state index contributed by atoms with van der Waals surface area (Å²) in [5.41, 5.74) is 0.393. The quantitative estimate of drug-likeness (QED) is 0.0236. The number of Topliss-reactive ketones (excluding diaryl/α,β-unsaturated/α-hetero) is 3. The Morgan fingerprint density at radius 3 is 1.38 bits per heavy atom. The van der Waals surface area contributed by atoms with E-state index in [0.29, 0.717) is 141 Å². The molecule has 0 aromatic carbocycles. The number of aryl methyl sites for hydroxylation is 2. The molecule has 0 spiro atoms. The summed E-state index contributed by atoms with van der Waals surface area (Å²) in [4.78, 5) is 84.2. The van der Waals surface area contributed by atoms with Crippen LogP contribution in [0.3, 0.4) is 0 Å². The van der Waals surface area contributed by atoms with Gasteiger partial charge < -0.3 is 60.1 Å². The molecule has 1 aromatic rings. The summed E-state index contributed by atoms with van der Waals surface area (Å²) in [6.07, 6.45) is 16.5. The van der Waals surface area contributed by atoms with E-state index in [9.17, 15) is 54.0 Å². The number of ketones is 3. The minimum absolute atomic E-state index is 0.00521. The number of fused-ring (bicyclic) bond motifs is 2. The first-order chi connectivity index (χ1) is 51.3. The predicted octanol–water partition coefficient (Wildman–Crippen LogP) is 15.6. The molecule has 8 atom stereocenters. The number of aromatic nitrogens is 3. The fourth-order valence-electron chi connectivity index (χ4n) is 14.1. The third-order valence-electron chi connectivity index (χ3n) is 20.4. The average Bonchev–Trinajstić information content (AvgIpc) is 1.61. The molecule has 3 amide bonds. The maximum absolute atomic E-state index is 12.3. The molecule has 1 heterocycles. The Kier molecular flexibility index (Phi) is 48.5. The van der Waals surface area contributed by atoms with Crippen molar-refractivity contribution in [2.45, 2.75) is 341 Å². The number of amides is 3. The maximum atomic E-state index is 12.3. The molecule has 8 unspecified atom stereocenters. The van der Waals surface area contributed by atoms with Crippen LogP contribution >= 0.6 is 0 Å². The molecule has 2 aliphatic carbocycles. The molecule has 22 heteroatoms. The van der Waals surface area contributed by atoms with Crippen LogP contribution in [0.2, 0.25) is 0 Å². The first-order valence-electron chi connectivity index (χ1n) is 42.6. The summed E-state index contributed by atoms with van der Waals surface area (Å²) in [7, 11) is 0. The van der Waals surface area contributed by atoms with Gasteiger partial charge in [0.2, 0.25) is 17.7 Å². The van der Waals surface area contributed by atoms with E-state index in [2.05, 4.69) is 128 Å². The van der Waals surface area contributed by atoms with Gasteiger partial charge in [-0.3, -0.25) is 33.6 Å². The Hall–Kier alpha value is -4.29. The summed E-state index contributed by atoms with van der Waals surface area (Å²) >= 11 is 0. The third kappa shape index (κ3) is 49.7. The van der Waals surface area contributed by atoms with Crippen LogP contribution in [0.25, 0.3) is 0 Å². The maximum Gasteiger partial charge on any atom is 0.305 e. The zero-order valence-corrected chi connectivity index (χ0v) is 76.6. The Morgan fingerprint density at radius 2 is 0.929 bits per heavy atom. The van der Waals surface area contributed by atoms with Gasteiger partial charge in [0, 0.05) is 104 Å². The Balaban J connectivity index is 0.00000160. The minimum Gasteiger partial charge on any atom is -0.465 e. The molecule has 1 aromatic heterocycles. The van der Waals surface area contributed by atoms with Gasteiger partial charge >= 0.3 is 5.97 Å². The van der Waals surface area contributed by atoms with Crippen LogP contribution < -0.4 is 16.0 Å². The number of carbonyl (C=O) groups is 7. The lowest BCUT2D eigenvalue weighted by atomic mass is 9.75. The number of ether oxygens (including phenoxy) is 5. The predicted molar refractivity (Wildman–Crippen MR) is 450 cm³/mol. The number of esters is 1. The normalized spacial score (nSPS) is 17.7. The fraction of sp³-hybridized carbons (Fsp3) is 0.900. The SMILES string of the molecule is CC(C)(C)CC(C)(CO)C(=O)NCCCCCC(=O)C(C)(C)C.CC(C)(C)CC(C)(CO)COCCCCCC(=O)C(C)(C)C.CC(C)(C)CC(C)(CO)COCCCCn1nnc2c1CCC1C(CC2)C1COC(=O)CCCOCCOCCNC(=O)C(C)(C)C.CC(O)C(CC(=O)C(C)(C)C)C(=O)NCCC(C)(C)C. The van der Waals surface area contributed by atoms with Crippen molar-refractivity contribution in [3.63, 3.8) is 0 Å². The van der Waals surface area contributed by atoms with Gasteiger partial charge in [0.1, 0.15) is 17.3 Å². The molecule has 2 aliphatic rings. The van der Waals surface area contributed by atoms with Crippen LogP contribution in [0.5, 0.6) is 0 Å². The first-order valence-corrected chi connectivity index (χ1v) is 42.6. The van der Waals surface area contributed by atoms with E-state index in [1.807, 2.05) is 90.0 Å². The van der Waals surface area contributed by atoms with Crippen LogP contribution in [0.1, 0.15) is 327 Å². The van der Waals surface area contributed by atoms with Gasteiger partial charge in [0.05, 0.1) is 88.3 Å². The van der Waals surface area contributed by atoms with Crippen LogP contribution in [0, 0.1) is 83.2 Å². The lowest BCUT2D eigenvalue weighted by molar-refractivity contribution is -0.145. The van der Waals surface area contributed by atoms with E-state index in [1.54, 1.807) is 6.92 Å². The summed E-state index contributed by atoms with van der Waals surface area (Å²) in [6.45, 7) is 63.7. The van der Waals surface area contributed by atoms with E-state index in [0.717, 1.165) is 109 Å². The van der Waals surface area contributed by atoms with Gasteiger partial charge in [-0.15, -0.1) is 5.10 Å². The van der Waals surface area contributed by atoms with Crippen LogP contribution in [-0.4, -0.2) is 181 Å². The smallest absolute Gasteiger partial charge is 0.305 e. The number of aliphatic hydroxyl groups excluding tert-OH is 4. The monoisotopic (exact) mass is 1590 g/mol. The van der Waals surface area contributed by atoms with Crippen molar-refractivity contribution in [2.24, 2.45) is 83.2 Å². The van der Waals surface area contributed by atoms with E-state index < -0.39 is 28.3 Å². The molecule has 0 bridgehead atoms. The van der Waals surface area contributed by atoms with E-state index >= 15 is 0 Å². The lowest BCUT2D eigenvalue weighted by Gasteiger charge is -2.34. The highest BCUT2D eigenvalue weighted by Gasteiger charge is 2.50. The number of unbranched alkanes of at least 4 members (excludes halogenated alkanes) is 5. The van der Waals surface area contributed by atoms with Gasteiger partial charge in [-0.05, 0) is 150 Å². The Labute approximate surface area is 681 Å². The number of aliphatic hydroxyl groups is 4. The highest BCUT2D eigenvalue weighted by Crippen LogP contribution is 2.53. The number of rotatable bonds is 46. The molecule has 1 fully saturated rings. The van der Waals surface area contributed by atoms with Gasteiger partial charge in [-0.1, -0.05) is 198 Å². The van der Waals surface area contributed by atoms with Crippen molar-refractivity contribution in [1.29, 1.82) is 0 Å². The van der Waals surface area contributed by atoms with E-state index in [1.165, 1.54) is 5.69 Å². The van der Waals surface area contributed by atoms with Gasteiger partial charge in [0.15, 0.2) is 0 Å². The van der Waals surface area contributed by atoms with Crippen molar-refractivity contribution in [3.8, 4) is 0 Å². The number of hydrogen-bond acceptors (Lipinski definition) is 18. The average molecular weight is 1590 g/mol. The standard InChI is InChI=1S/C36H64N4O7.C19H37NO3.C19H38O3.C16H31NO3/c1-34(2,3)24-36(7,25-41)26-46-18-9-8-17-40-31-15-13-28-27(12-14-30(31)38-39-40)29(28)23-47-32(42)11-10-19-44-21-22-45-20-16-37-33(43)35(4,5)6;1-17(2,3)13-19(7,14-21)16(23)20-12-10-8-9-11-15(22)18(4,5)6;1-17(2,3)13-19(7,14-20)15-22-12-10-8-9-11-16(21)18(4,5)6;1-11(18)12(10-13(19)16(5,6)7)14(20)17-9-8-15(2,3)4/h27-29,41H,8-26H2,1-7H3,(H,37,43);21H,8-14H2,1-7H3,(H,20,23);20H,8-15H2,1-7H3;11-12,18H,8-10H2,1-7H3,(H,17,20). The highest BCUT2D eigenvalue weighted by atomic mass is 16.5. The molecule has 112 heavy (non-hydrogen) atoms. The molecule has 1 saturated carbocycles. The Morgan fingerprint density at radius 1 is 0.464 bits per heavy atom. The molecule has 7 N–H and O–H groups in total. The summed E-state index contributed by atoms with van der Waals surface area (Å²) in [5.74, 6) is 1.15. The number of nitrogens with zero attached hydrogens (tertiary/aromatic N) is 3. The molecular weight excluding hydrogens is 1420 g/mol. The minimum atomic E-state index is -0.823. The molecule has 0 radical (unpaired) electrons. The molecule has 3 rings (SSSR count). The zero-order chi connectivity index (χ0) is 86.4. The second kappa shape index (κ2) is 50.5. The largest absolute Gasteiger partial charge is 0.465 e. The summed E-state index contributed by atoms with van der Waals surface area (Å²) in [6, 6.07) is 0. The van der Waals surface area contributed by atoms with Crippen molar-refractivity contribution in [2.75, 3.05) is 98.9 Å². The van der Waals surface area contributed by atoms with Crippen molar-refractivity contribution in [3.05, 3.63) is 11.4 Å². The van der Waals surface area contributed by atoms with Gasteiger partial charge in [0.25, 0.3) is 0 Å². The summed E-state index contributed by atoms with van der Waals surface area (Å²) < 4.78 is 30.5. The molecule has 0 aliphatic heterocycles. The highest BCUT2D eigenvalue weighted by molar-refractivity contribution is 5.90. The molecule has 656 valence electrons. The topological polar surface area (TPSA) is 313 Å². The molecule has 0 saturated heterocycles. The van der Waals surface area contributed by atoms with Crippen LogP contribution in [-0.2, 0) is 76.6 Å².